The van der Waals surface area contributed by atoms with E-state index < -0.39 is 0 Å². The van der Waals surface area contributed by atoms with Crippen molar-refractivity contribution in [3.05, 3.63) is 34.3 Å². The second kappa shape index (κ2) is 3.00. The summed E-state index contributed by atoms with van der Waals surface area (Å²) >= 11 is 6.11. The highest BCUT2D eigenvalue weighted by Crippen LogP contribution is 2.37. The molecule has 0 spiro atoms. The number of hydrogen-bond acceptors (Lipinski definition) is 1. The fraction of sp³-hybridized carbons (Fsp3) is 0.455. The molecule has 1 aliphatic rings. The van der Waals surface area contributed by atoms with Gasteiger partial charge >= 0.3 is 0 Å². The Hall–Kier alpha value is -0.530. The number of nitrogens with two attached hydrogens (primary N) is 1. The lowest BCUT2D eigenvalue weighted by molar-refractivity contribution is 0.672. The first-order chi connectivity index (χ1) is 6.09. The van der Waals surface area contributed by atoms with Crippen molar-refractivity contribution in [2.75, 3.05) is 0 Å². The van der Waals surface area contributed by atoms with Crippen molar-refractivity contribution < 1.29 is 0 Å². The highest BCUT2D eigenvalue weighted by atomic mass is 35.5. The van der Waals surface area contributed by atoms with E-state index in [0.29, 0.717) is 0 Å². The van der Waals surface area contributed by atoms with Gasteiger partial charge in [0.1, 0.15) is 0 Å². The molecule has 0 aromatic heterocycles. The molecule has 1 aliphatic carbocycles. The monoisotopic (exact) mass is 195 g/mol. The van der Waals surface area contributed by atoms with Crippen molar-refractivity contribution in [1.29, 1.82) is 0 Å². The number of rotatable bonds is 2. The smallest absolute Gasteiger partial charge is 0.0441 e. The van der Waals surface area contributed by atoms with Crippen LogP contribution in [-0.4, -0.2) is 5.54 Å². The van der Waals surface area contributed by atoms with Crippen molar-refractivity contribution >= 4 is 11.6 Å². The normalized spacial score (nSPS) is 18.7. The SMILES string of the molecule is Cc1ccc(CC2(N)CC2)c(Cl)c1. The molecule has 0 bridgehead atoms. The molecule has 0 amide bonds. The molecule has 1 fully saturated rings. The third-order valence-electron chi connectivity index (χ3n) is 2.64. The zero-order valence-corrected chi connectivity index (χ0v) is 8.56. The van der Waals surface area contributed by atoms with Crippen LogP contribution in [0, 0.1) is 6.92 Å². The van der Waals surface area contributed by atoms with Crippen LogP contribution in [0.2, 0.25) is 5.02 Å². The molecule has 0 unspecified atom stereocenters. The van der Waals surface area contributed by atoms with Gasteiger partial charge in [-0.15, -0.1) is 0 Å². The van der Waals surface area contributed by atoms with E-state index in [1.807, 2.05) is 13.0 Å². The summed E-state index contributed by atoms with van der Waals surface area (Å²) in [6.45, 7) is 2.05. The van der Waals surface area contributed by atoms with E-state index in [4.69, 9.17) is 17.3 Å². The van der Waals surface area contributed by atoms with Crippen LogP contribution in [0.4, 0.5) is 0 Å². The van der Waals surface area contributed by atoms with Crippen LogP contribution in [-0.2, 0) is 6.42 Å². The van der Waals surface area contributed by atoms with Crippen LogP contribution in [0.3, 0.4) is 0 Å². The molecule has 0 radical (unpaired) electrons. The Labute approximate surface area is 83.9 Å². The van der Waals surface area contributed by atoms with E-state index in [1.165, 1.54) is 11.1 Å². The van der Waals surface area contributed by atoms with Crippen LogP contribution in [0.15, 0.2) is 18.2 Å². The van der Waals surface area contributed by atoms with Crippen molar-refractivity contribution in [3.63, 3.8) is 0 Å². The van der Waals surface area contributed by atoms with E-state index in [1.54, 1.807) is 0 Å². The molecule has 2 N–H and O–H groups in total. The molecule has 1 nitrogen and oxygen atoms in total. The molecular formula is C11H14ClN. The summed E-state index contributed by atoms with van der Waals surface area (Å²) in [7, 11) is 0. The van der Waals surface area contributed by atoms with Crippen LogP contribution in [0.1, 0.15) is 24.0 Å². The van der Waals surface area contributed by atoms with Gasteiger partial charge in [0.15, 0.2) is 0 Å². The maximum Gasteiger partial charge on any atom is 0.0441 e. The molecule has 1 saturated carbocycles. The Bertz CT molecular complexity index is 329. The summed E-state index contributed by atoms with van der Waals surface area (Å²) < 4.78 is 0. The molecule has 70 valence electrons. The predicted octanol–water partition coefficient (Wildman–Crippen LogP) is 2.68. The molecule has 0 atom stereocenters. The van der Waals surface area contributed by atoms with Gasteiger partial charge in [0.25, 0.3) is 0 Å². The largest absolute Gasteiger partial charge is 0.325 e. The van der Waals surface area contributed by atoms with Gasteiger partial charge in [-0.05, 0) is 43.4 Å². The van der Waals surface area contributed by atoms with E-state index in [0.717, 1.165) is 24.3 Å². The summed E-state index contributed by atoms with van der Waals surface area (Å²) in [6.07, 6.45) is 3.19. The van der Waals surface area contributed by atoms with Crippen LogP contribution in [0.25, 0.3) is 0 Å². The molecule has 2 heteroatoms. The topological polar surface area (TPSA) is 26.0 Å². The van der Waals surface area contributed by atoms with Gasteiger partial charge in [-0.25, -0.2) is 0 Å². The Balaban J connectivity index is 2.20. The van der Waals surface area contributed by atoms with Crippen molar-refractivity contribution in [2.24, 2.45) is 5.73 Å². The highest BCUT2D eigenvalue weighted by molar-refractivity contribution is 6.31. The number of halogens is 1. The molecule has 2 rings (SSSR count). The minimum atomic E-state index is 0.0545. The standard InChI is InChI=1S/C11H14ClN/c1-8-2-3-9(10(12)6-8)7-11(13)4-5-11/h2-3,6H,4-5,7,13H2,1H3. The highest BCUT2D eigenvalue weighted by Gasteiger charge is 2.38. The summed E-state index contributed by atoms with van der Waals surface area (Å²) in [6, 6.07) is 6.18. The van der Waals surface area contributed by atoms with Gasteiger partial charge in [-0.1, -0.05) is 23.7 Å². The number of hydrogen-bond donors (Lipinski definition) is 1. The van der Waals surface area contributed by atoms with Gasteiger partial charge in [0.2, 0.25) is 0 Å². The molecule has 1 aromatic carbocycles. The maximum atomic E-state index is 6.11. The first-order valence-electron chi connectivity index (χ1n) is 4.63. The van der Waals surface area contributed by atoms with Crippen LogP contribution in [0.5, 0.6) is 0 Å². The second-order valence-corrected chi connectivity index (χ2v) is 4.54. The van der Waals surface area contributed by atoms with E-state index in [-0.39, 0.29) is 5.54 Å². The van der Waals surface area contributed by atoms with Crippen molar-refractivity contribution in [1.82, 2.24) is 0 Å². The fourth-order valence-electron chi connectivity index (χ4n) is 1.51. The summed E-state index contributed by atoms with van der Waals surface area (Å²) in [4.78, 5) is 0. The van der Waals surface area contributed by atoms with E-state index in [9.17, 15) is 0 Å². The maximum absolute atomic E-state index is 6.11. The van der Waals surface area contributed by atoms with Crippen molar-refractivity contribution in [2.45, 2.75) is 31.7 Å². The first-order valence-corrected chi connectivity index (χ1v) is 5.01. The predicted molar refractivity (Wildman–Crippen MR) is 56.0 cm³/mol. The lowest BCUT2D eigenvalue weighted by Gasteiger charge is -2.10. The first kappa shape index (κ1) is 9.04. The Morgan fingerprint density at radius 2 is 2.15 bits per heavy atom. The quantitative estimate of drug-likeness (QED) is 0.772. The zero-order valence-electron chi connectivity index (χ0n) is 7.81. The number of aryl methyl sites for hydroxylation is 1. The lowest BCUT2D eigenvalue weighted by Crippen LogP contribution is -2.24. The lowest BCUT2D eigenvalue weighted by atomic mass is 10.0. The Morgan fingerprint density at radius 3 is 2.69 bits per heavy atom. The molecule has 13 heavy (non-hydrogen) atoms. The molecule has 0 saturated heterocycles. The molecule has 1 aromatic rings. The second-order valence-electron chi connectivity index (χ2n) is 4.13. The van der Waals surface area contributed by atoms with Gasteiger partial charge < -0.3 is 5.73 Å². The Morgan fingerprint density at radius 1 is 1.46 bits per heavy atom. The van der Waals surface area contributed by atoms with Crippen LogP contribution < -0.4 is 5.73 Å². The fourth-order valence-corrected chi connectivity index (χ4v) is 1.81. The Kier molecular flexibility index (Phi) is 2.09. The minimum absolute atomic E-state index is 0.0545. The average Bonchev–Trinajstić information content (AvgIpc) is 2.75. The molecule has 0 aliphatic heterocycles. The van der Waals surface area contributed by atoms with Gasteiger partial charge in [-0.3, -0.25) is 0 Å². The third-order valence-corrected chi connectivity index (χ3v) is 3.00. The van der Waals surface area contributed by atoms with Gasteiger partial charge in [-0.2, -0.15) is 0 Å². The molecular weight excluding hydrogens is 182 g/mol. The average molecular weight is 196 g/mol. The van der Waals surface area contributed by atoms with Gasteiger partial charge in [0, 0.05) is 10.6 Å². The van der Waals surface area contributed by atoms with E-state index >= 15 is 0 Å². The van der Waals surface area contributed by atoms with Crippen molar-refractivity contribution in [3.8, 4) is 0 Å². The summed E-state index contributed by atoms with van der Waals surface area (Å²) in [5.74, 6) is 0. The van der Waals surface area contributed by atoms with E-state index in [2.05, 4.69) is 12.1 Å². The molecule has 0 heterocycles. The summed E-state index contributed by atoms with van der Waals surface area (Å²) in [5, 5.41) is 0.858. The summed E-state index contributed by atoms with van der Waals surface area (Å²) in [5.41, 5.74) is 8.47. The van der Waals surface area contributed by atoms with Crippen LogP contribution >= 0.6 is 11.6 Å². The minimum Gasteiger partial charge on any atom is -0.325 e. The number of benzene rings is 1. The zero-order chi connectivity index (χ0) is 9.47. The third kappa shape index (κ3) is 2.04. The van der Waals surface area contributed by atoms with Gasteiger partial charge in [0.05, 0.1) is 0 Å².